The zero-order valence-corrected chi connectivity index (χ0v) is 38.7. The molecule has 0 aromatic heterocycles. The van der Waals surface area contributed by atoms with Gasteiger partial charge in [0.2, 0.25) is 0 Å². The van der Waals surface area contributed by atoms with Crippen molar-refractivity contribution in [2.75, 3.05) is 13.2 Å². The van der Waals surface area contributed by atoms with E-state index in [0.29, 0.717) is 12.8 Å². The molecule has 0 fully saturated rings. The Kier molecular flexibility index (Phi) is 45.1. The molecule has 0 heterocycles. The smallest absolute Gasteiger partial charge is 0.309 e. The molecule has 0 saturated heterocycles. The molecule has 0 rings (SSSR count). The van der Waals surface area contributed by atoms with Crippen molar-refractivity contribution in [3.8, 4) is 0 Å². The minimum atomic E-state index is -0.827. The number of hydrogen-bond acceptors (Lipinski definition) is 6. The highest BCUT2D eigenvalue weighted by Crippen LogP contribution is 2.12. The molecule has 0 aromatic rings. The largest absolute Gasteiger partial charge is 0.462 e. The van der Waals surface area contributed by atoms with Gasteiger partial charge in [-0.05, 0) is 96.3 Å². The minimum Gasteiger partial charge on any atom is -0.462 e. The zero-order valence-electron chi connectivity index (χ0n) is 38.7. The first-order valence-electron chi connectivity index (χ1n) is 24.2. The third kappa shape index (κ3) is 45.4. The number of carbonyl (C=O) groups excluding carboxylic acids is 3. The Morgan fingerprint density at radius 1 is 0.367 bits per heavy atom. The molecular weight excluding hydrogens is 745 g/mol. The monoisotopic (exact) mass is 833 g/mol. The number of allylic oxidation sites excluding steroid dienone is 15. The van der Waals surface area contributed by atoms with E-state index in [1.54, 1.807) is 6.08 Å². The number of rotatable bonds is 42. The van der Waals surface area contributed by atoms with Gasteiger partial charge in [0.25, 0.3) is 0 Å². The van der Waals surface area contributed by atoms with Crippen molar-refractivity contribution in [3.63, 3.8) is 0 Å². The van der Waals surface area contributed by atoms with Crippen molar-refractivity contribution in [1.29, 1.82) is 0 Å². The maximum atomic E-state index is 12.8. The molecule has 0 aliphatic carbocycles. The molecule has 0 aromatic carbocycles. The van der Waals surface area contributed by atoms with E-state index in [0.717, 1.165) is 116 Å². The molecule has 6 nitrogen and oxygen atoms in total. The topological polar surface area (TPSA) is 78.9 Å². The van der Waals surface area contributed by atoms with Crippen molar-refractivity contribution < 1.29 is 28.6 Å². The summed E-state index contributed by atoms with van der Waals surface area (Å²) >= 11 is 0. The first-order valence-corrected chi connectivity index (χ1v) is 24.2. The summed E-state index contributed by atoms with van der Waals surface area (Å²) in [4.78, 5) is 37.8. The van der Waals surface area contributed by atoms with Crippen LogP contribution in [0.5, 0.6) is 0 Å². The lowest BCUT2D eigenvalue weighted by atomic mass is 10.1. The first kappa shape index (κ1) is 56.3. The van der Waals surface area contributed by atoms with Crippen molar-refractivity contribution in [2.24, 2.45) is 0 Å². The van der Waals surface area contributed by atoms with Crippen LogP contribution in [0.25, 0.3) is 0 Å². The summed E-state index contributed by atoms with van der Waals surface area (Å²) in [6.07, 6.45) is 62.7. The van der Waals surface area contributed by atoms with Crippen LogP contribution in [0.2, 0.25) is 0 Å². The molecule has 1 atom stereocenters. The van der Waals surface area contributed by atoms with Gasteiger partial charge in [0.15, 0.2) is 6.10 Å². The zero-order chi connectivity index (χ0) is 43.7. The molecular formula is C54H88O6. The fraction of sp³-hybridized carbons (Fsp3) is 0.648. The molecule has 0 amide bonds. The summed E-state index contributed by atoms with van der Waals surface area (Å²) in [6.45, 7) is 6.32. The standard InChI is InChI=1S/C54H88O6/c1-4-7-10-13-16-19-22-25-27-30-32-35-38-41-44-47-53(56)59-50-51(49-58-52(55)46-43-40-37-34-31-28-24-21-18-15-12-9-6-3)60-54(57)48-45-42-39-36-33-29-26-23-20-17-14-11-8-5-2/h7,10,12,15-16,19,21,23-27,32,35,41,44,51H,4-6,8-9,11,13-14,17-18,20,22,28-31,33-34,36-40,42-43,45-50H2,1-3H3/b10-7-,15-12-,19-16-,24-21-,26-23-,27-25-,35-32-,44-41-. The van der Waals surface area contributed by atoms with Gasteiger partial charge in [-0.2, -0.15) is 0 Å². The van der Waals surface area contributed by atoms with E-state index in [1.807, 2.05) is 6.08 Å². The van der Waals surface area contributed by atoms with Gasteiger partial charge < -0.3 is 14.2 Å². The molecule has 6 heteroatoms. The van der Waals surface area contributed by atoms with Gasteiger partial charge in [0.05, 0.1) is 6.42 Å². The molecule has 0 N–H and O–H groups in total. The quantitative estimate of drug-likeness (QED) is 0.0264. The third-order valence-corrected chi connectivity index (χ3v) is 9.81. The Labute approximate surface area is 368 Å². The number of ether oxygens (including phenoxy) is 3. The molecule has 0 aliphatic rings. The van der Waals surface area contributed by atoms with Crippen LogP contribution in [-0.4, -0.2) is 37.2 Å². The van der Waals surface area contributed by atoms with Crippen LogP contribution in [0.15, 0.2) is 97.2 Å². The summed E-state index contributed by atoms with van der Waals surface area (Å²) < 4.78 is 16.6. The van der Waals surface area contributed by atoms with Gasteiger partial charge in [0, 0.05) is 12.8 Å². The van der Waals surface area contributed by atoms with Gasteiger partial charge >= 0.3 is 17.9 Å². The fourth-order valence-corrected chi connectivity index (χ4v) is 6.19. The Hall–Kier alpha value is -3.67. The minimum absolute atomic E-state index is 0.119. The summed E-state index contributed by atoms with van der Waals surface area (Å²) in [6, 6.07) is 0. The van der Waals surface area contributed by atoms with E-state index in [4.69, 9.17) is 14.2 Å². The number of unbranched alkanes of at least 4 members (excludes halogenated alkanes) is 16. The molecule has 0 bridgehead atoms. The van der Waals surface area contributed by atoms with Crippen molar-refractivity contribution >= 4 is 17.9 Å². The number of carbonyl (C=O) groups is 3. The van der Waals surface area contributed by atoms with Crippen LogP contribution in [0.3, 0.4) is 0 Å². The Morgan fingerprint density at radius 3 is 1.25 bits per heavy atom. The van der Waals surface area contributed by atoms with Gasteiger partial charge in [-0.3, -0.25) is 14.4 Å². The Bertz CT molecular complexity index is 1230. The van der Waals surface area contributed by atoms with E-state index in [1.165, 1.54) is 51.4 Å². The van der Waals surface area contributed by atoms with E-state index < -0.39 is 12.1 Å². The lowest BCUT2D eigenvalue weighted by Gasteiger charge is -2.18. The highest BCUT2D eigenvalue weighted by Gasteiger charge is 2.19. The van der Waals surface area contributed by atoms with Crippen LogP contribution in [0.4, 0.5) is 0 Å². The Morgan fingerprint density at radius 2 is 0.750 bits per heavy atom. The predicted octanol–water partition coefficient (Wildman–Crippen LogP) is 15.8. The van der Waals surface area contributed by atoms with E-state index in [-0.39, 0.29) is 31.6 Å². The van der Waals surface area contributed by atoms with Crippen LogP contribution in [0, 0.1) is 0 Å². The Balaban J connectivity index is 4.56. The SMILES string of the molecule is CC/C=C\C/C=C\C/C=C\C/C=C\C/C=C\CC(=O)OCC(COC(=O)CCCCCCC/C=C\C/C=C\CCC)OC(=O)CCCCCCC/C=C\CCCCCCC. The highest BCUT2D eigenvalue weighted by molar-refractivity contribution is 5.72. The van der Waals surface area contributed by atoms with Crippen LogP contribution >= 0.6 is 0 Å². The molecule has 1 unspecified atom stereocenters. The molecule has 340 valence electrons. The normalized spacial score (nSPS) is 12.9. The average Bonchev–Trinajstić information content (AvgIpc) is 3.24. The lowest BCUT2D eigenvalue weighted by molar-refractivity contribution is -0.166. The third-order valence-electron chi connectivity index (χ3n) is 9.81. The fourth-order valence-electron chi connectivity index (χ4n) is 6.19. The number of hydrogen-bond donors (Lipinski definition) is 0. The summed E-state index contributed by atoms with van der Waals surface area (Å²) in [7, 11) is 0. The van der Waals surface area contributed by atoms with E-state index in [9.17, 15) is 14.4 Å². The summed E-state index contributed by atoms with van der Waals surface area (Å²) in [5.74, 6) is -1.08. The molecule has 60 heavy (non-hydrogen) atoms. The van der Waals surface area contributed by atoms with E-state index >= 15 is 0 Å². The average molecular weight is 833 g/mol. The predicted molar refractivity (Wildman–Crippen MR) is 256 cm³/mol. The summed E-state index contributed by atoms with van der Waals surface area (Å²) in [5, 5.41) is 0. The molecule has 0 radical (unpaired) electrons. The van der Waals surface area contributed by atoms with E-state index in [2.05, 4.69) is 106 Å². The lowest BCUT2D eigenvalue weighted by Crippen LogP contribution is -2.30. The second-order valence-electron chi connectivity index (χ2n) is 15.6. The van der Waals surface area contributed by atoms with Gasteiger partial charge in [-0.25, -0.2) is 0 Å². The van der Waals surface area contributed by atoms with Crippen LogP contribution < -0.4 is 0 Å². The molecule has 0 spiro atoms. The molecule has 0 saturated carbocycles. The summed E-state index contributed by atoms with van der Waals surface area (Å²) in [5.41, 5.74) is 0. The second kappa shape index (κ2) is 48.0. The van der Waals surface area contributed by atoms with Gasteiger partial charge in [0.1, 0.15) is 13.2 Å². The number of esters is 3. The van der Waals surface area contributed by atoms with Crippen LogP contribution in [0.1, 0.15) is 207 Å². The van der Waals surface area contributed by atoms with Crippen molar-refractivity contribution in [3.05, 3.63) is 97.2 Å². The maximum Gasteiger partial charge on any atom is 0.309 e. The second-order valence-corrected chi connectivity index (χ2v) is 15.6. The first-order chi connectivity index (χ1) is 29.5. The van der Waals surface area contributed by atoms with Crippen LogP contribution in [-0.2, 0) is 28.6 Å². The highest BCUT2D eigenvalue weighted by atomic mass is 16.6. The van der Waals surface area contributed by atoms with Gasteiger partial charge in [-0.1, -0.05) is 189 Å². The van der Waals surface area contributed by atoms with Crippen molar-refractivity contribution in [1.82, 2.24) is 0 Å². The van der Waals surface area contributed by atoms with Crippen molar-refractivity contribution in [2.45, 2.75) is 213 Å². The molecule has 0 aliphatic heterocycles. The maximum absolute atomic E-state index is 12.8. The van der Waals surface area contributed by atoms with Gasteiger partial charge in [-0.15, -0.1) is 0 Å².